The van der Waals surface area contributed by atoms with Gasteiger partial charge in [0.2, 0.25) is 0 Å². The maximum Gasteiger partial charge on any atom is 0.267 e. The zero-order valence-electron chi connectivity index (χ0n) is 12.9. The molecule has 0 saturated carbocycles. The normalized spacial score (nSPS) is 12.1. The molecule has 5 nitrogen and oxygen atoms in total. The quantitative estimate of drug-likeness (QED) is 0.679. The van der Waals surface area contributed by atoms with Gasteiger partial charge in [0.1, 0.15) is 23.4 Å². The van der Waals surface area contributed by atoms with Crippen LogP contribution in [0.15, 0.2) is 53.3 Å². The summed E-state index contributed by atoms with van der Waals surface area (Å²) in [6, 6.07) is 11.5. The number of aliphatic hydroxyl groups is 1. The molecule has 1 amide bonds. The first-order valence-corrected chi connectivity index (χ1v) is 7.49. The van der Waals surface area contributed by atoms with E-state index in [9.17, 15) is 23.5 Å². The van der Waals surface area contributed by atoms with Gasteiger partial charge in [-0.05, 0) is 29.7 Å². The number of fused-ring (bicyclic) bond motifs is 1. The van der Waals surface area contributed by atoms with E-state index in [1.54, 1.807) is 24.3 Å². The molecule has 0 unspecified atom stereocenters. The van der Waals surface area contributed by atoms with Crippen molar-refractivity contribution in [3.8, 4) is 0 Å². The zero-order chi connectivity index (χ0) is 18.0. The number of H-pyrrole nitrogens is 1. The molecule has 0 aliphatic heterocycles. The second-order valence-corrected chi connectivity index (χ2v) is 5.46. The molecule has 0 saturated heterocycles. The first-order chi connectivity index (χ1) is 12.0. The van der Waals surface area contributed by atoms with Gasteiger partial charge in [0.05, 0.1) is 5.56 Å². The molecule has 0 fully saturated rings. The van der Waals surface area contributed by atoms with Crippen LogP contribution in [0.2, 0.25) is 0 Å². The number of hydrogen-bond acceptors (Lipinski definition) is 3. The second kappa shape index (κ2) is 6.82. The third kappa shape index (κ3) is 3.41. The van der Waals surface area contributed by atoms with E-state index in [-0.39, 0.29) is 5.69 Å². The Labute approximate surface area is 140 Å². The van der Waals surface area contributed by atoms with Crippen molar-refractivity contribution >= 4 is 16.7 Å². The van der Waals surface area contributed by atoms with E-state index in [4.69, 9.17) is 0 Å². The number of rotatable bonds is 4. The van der Waals surface area contributed by atoms with Crippen LogP contribution >= 0.6 is 0 Å². The predicted octanol–water partition coefficient (Wildman–Crippen LogP) is 2.27. The Bertz CT molecular complexity index is 981. The number of benzene rings is 2. The fourth-order valence-electron chi connectivity index (χ4n) is 2.55. The molecule has 0 bridgehead atoms. The summed E-state index contributed by atoms with van der Waals surface area (Å²) >= 11 is 0. The second-order valence-electron chi connectivity index (χ2n) is 5.46. The van der Waals surface area contributed by atoms with Gasteiger partial charge in [-0.3, -0.25) is 9.59 Å². The third-order valence-electron chi connectivity index (χ3n) is 3.79. The number of amides is 1. The van der Waals surface area contributed by atoms with Gasteiger partial charge in [0.15, 0.2) is 0 Å². The molecule has 25 heavy (non-hydrogen) atoms. The molecule has 1 atom stereocenters. The Kier molecular flexibility index (Phi) is 4.58. The van der Waals surface area contributed by atoms with E-state index in [1.165, 1.54) is 12.1 Å². The van der Waals surface area contributed by atoms with E-state index in [2.05, 4.69) is 10.3 Å². The van der Waals surface area contributed by atoms with Crippen LogP contribution in [0.3, 0.4) is 0 Å². The number of nitrogens with one attached hydrogen (secondary N) is 2. The number of halogens is 2. The van der Waals surface area contributed by atoms with Gasteiger partial charge in [0, 0.05) is 11.9 Å². The van der Waals surface area contributed by atoms with Crippen LogP contribution in [-0.2, 0) is 0 Å². The number of aromatic amines is 1. The van der Waals surface area contributed by atoms with Crippen molar-refractivity contribution in [2.24, 2.45) is 0 Å². The minimum Gasteiger partial charge on any atom is -0.386 e. The average Bonchev–Trinajstić information content (AvgIpc) is 2.59. The minimum absolute atomic E-state index is 0.00935. The van der Waals surface area contributed by atoms with Gasteiger partial charge in [-0.15, -0.1) is 0 Å². The number of hydrogen-bond donors (Lipinski definition) is 3. The van der Waals surface area contributed by atoms with E-state index in [0.717, 1.165) is 12.1 Å². The van der Waals surface area contributed by atoms with Gasteiger partial charge >= 0.3 is 0 Å². The first-order valence-electron chi connectivity index (χ1n) is 7.49. The van der Waals surface area contributed by atoms with Crippen LogP contribution < -0.4 is 10.9 Å². The molecule has 3 rings (SSSR count). The van der Waals surface area contributed by atoms with Crippen LogP contribution in [0.4, 0.5) is 8.78 Å². The van der Waals surface area contributed by atoms with Gasteiger partial charge in [-0.1, -0.05) is 24.3 Å². The lowest BCUT2D eigenvalue weighted by atomic mass is 10.1. The highest BCUT2D eigenvalue weighted by atomic mass is 19.1. The Morgan fingerprint density at radius 3 is 2.52 bits per heavy atom. The Morgan fingerprint density at radius 1 is 1.12 bits per heavy atom. The molecule has 7 heteroatoms. The van der Waals surface area contributed by atoms with E-state index in [0.29, 0.717) is 10.8 Å². The number of carbonyl (C=O) groups is 1. The SMILES string of the molecule is O=C(NC[C@H](O)c1c(F)cccc1F)c1cc2ccccc2c(=O)[nH]1. The number of pyridine rings is 1. The molecule has 1 aromatic heterocycles. The Hall–Kier alpha value is -3.06. The van der Waals surface area contributed by atoms with Gasteiger partial charge < -0.3 is 15.4 Å². The highest BCUT2D eigenvalue weighted by molar-refractivity contribution is 5.96. The van der Waals surface area contributed by atoms with Crippen molar-refractivity contribution < 1.29 is 18.7 Å². The fraction of sp³-hybridized carbons (Fsp3) is 0.111. The van der Waals surface area contributed by atoms with Gasteiger partial charge in [-0.2, -0.15) is 0 Å². The Balaban J connectivity index is 1.78. The summed E-state index contributed by atoms with van der Waals surface area (Å²) in [6.07, 6.45) is -1.56. The lowest BCUT2D eigenvalue weighted by molar-refractivity contribution is 0.0906. The summed E-state index contributed by atoms with van der Waals surface area (Å²) in [5.74, 6) is -2.47. The van der Waals surface area contributed by atoms with Gasteiger partial charge in [0.25, 0.3) is 11.5 Å². The van der Waals surface area contributed by atoms with Crippen molar-refractivity contribution in [1.82, 2.24) is 10.3 Å². The number of carbonyl (C=O) groups excluding carboxylic acids is 1. The standard InChI is InChI=1S/C18H14F2N2O3/c19-12-6-3-7-13(20)16(12)15(23)9-21-18(25)14-8-10-4-1-2-5-11(10)17(24)22-14/h1-8,15,23H,9H2,(H,21,25)(H,22,24)/t15-/m0/s1. The van der Waals surface area contributed by atoms with Crippen LogP contribution in [0, 0.1) is 11.6 Å². The lowest BCUT2D eigenvalue weighted by Gasteiger charge is -2.14. The molecule has 0 spiro atoms. The molecule has 128 valence electrons. The molecule has 2 aromatic carbocycles. The lowest BCUT2D eigenvalue weighted by Crippen LogP contribution is -2.31. The average molecular weight is 344 g/mol. The molecule has 0 aliphatic carbocycles. The van der Waals surface area contributed by atoms with Crippen molar-refractivity contribution in [2.45, 2.75) is 6.10 Å². The maximum atomic E-state index is 13.6. The summed E-state index contributed by atoms with van der Waals surface area (Å²) in [7, 11) is 0. The smallest absolute Gasteiger partial charge is 0.267 e. The monoisotopic (exact) mass is 344 g/mol. The zero-order valence-corrected chi connectivity index (χ0v) is 12.9. The van der Waals surface area contributed by atoms with E-state index in [1.807, 2.05) is 0 Å². The molecule has 0 aliphatic rings. The van der Waals surface area contributed by atoms with Crippen LogP contribution in [-0.4, -0.2) is 22.5 Å². The van der Waals surface area contributed by atoms with E-state index < -0.39 is 41.3 Å². The molecule has 3 N–H and O–H groups in total. The predicted molar refractivity (Wildman–Crippen MR) is 88.2 cm³/mol. The Morgan fingerprint density at radius 2 is 1.80 bits per heavy atom. The maximum absolute atomic E-state index is 13.6. The molecular weight excluding hydrogens is 330 g/mol. The van der Waals surface area contributed by atoms with Crippen molar-refractivity contribution in [3.63, 3.8) is 0 Å². The summed E-state index contributed by atoms with van der Waals surface area (Å²) in [4.78, 5) is 26.6. The van der Waals surface area contributed by atoms with Crippen LogP contribution in [0.1, 0.15) is 22.2 Å². The van der Waals surface area contributed by atoms with Crippen LogP contribution in [0.5, 0.6) is 0 Å². The summed E-state index contributed by atoms with van der Waals surface area (Å²) < 4.78 is 27.2. The van der Waals surface area contributed by atoms with Crippen LogP contribution in [0.25, 0.3) is 10.8 Å². The third-order valence-corrected chi connectivity index (χ3v) is 3.79. The summed E-state index contributed by atoms with van der Waals surface area (Å²) in [6.45, 7) is -0.411. The van der Waals surface area contributed by atoms with Crippen molar-refractivity contribution in [1.29, 1.82) is 0 Å². The number of aliphatic hydroxyl groups excluding tert-OH is 1. The summed E-state index contributed by atoms with van der Waals surface area (Å²) in [5.41, 5.74) is -0.955. The minimum atomic E-state index is -1.56. The molecule has 1 heterocycles. The topological polar surface area (TPSA) is 82.2 Å². The van der Waals surface area contributed by atoms with E-state index >= 15 is 0 Å². The largest absolute Gasteiger partial charge is 0.386 e. The molecule has 3 aromatic rings. The van der Waals surface area contributed by atoms with Crippen molar-refractivity contribution in [2.75, 3.05) is 6.54 Å². The highest BCUT2D eigenvalue weighted by Crippen LogP contribution is 2.20. The van der Waals surface area contributed by atoms with Gasteiger partial charge in [-0.25, -0.2) is 8.78 Å². The highest BCUT2D eigenvalue weighted by Gasteiger charge is 2.19. The number of aromatic nitrogens is 1. The molecule has 0 radical (unpaired) electrons. The summed E-state index contributed by atoms with van der Waals surface area (Å²) in [5, 5.41) is 13.3. The van der Waals surface area contributed by atoms with Crippen molar-refractivity contribution in [3.05, 3.63) is 81.8 Å². The fourth-order valence-corrected chi connectivity index (χ4v) is 2.55. The first kappa shape index (κ1) is 16.8. The molecular formula is C18H14F2N2O3.